The van der Waals surface area contributed by atoms with E-state index in [2.05, 4.69) is 15.2 Å². The van der Waals surface area contributed by atoms with Crippen molar-refractivity contribution in [2.75, 3.05) is 19.0 Å². The van der Waals surface area contributed by atoms with Gasteiger partial charge in [0.15, 0.2) is 0 Å². The summed E-state index contributed by atoms with van der Waals surface area (Å²) in [6, 6.07) is 10.8. The lowest BCUT2D eigenvalue weighted by Crippen LogP contribution is -2.36. The molecule has 1 atom stereocenters. The minimum atomic E-state index is -0.195. The normalized spacial score (nSPS) is 17.2. The molecular formula is C19H21N3O3. The van der Waals surface area contributed by atoms with E-state index in [-0.39, 0.29) is 17.9 Å². The molecule has 3 rings (SSSR count). The van der Waals surface area contributed by atoms with Crippen LogP contribution in [0.2, 0.25) is 0 Å². The Labute approximate surface area is 146 Å². The van der Waals surface area contributed by atoms with Crippen molar-refractivity contribution < 1.29 is 14.3 Å². The Kier molecular flexibility index (Phi) is 5.40. The highest BCUT2D eigenvalue weighted by Crippen LogP contribution is 2.21. The van der Waals surface area contributed by atoms with E-state index in [0.29, 0.717) is 17.8 Å². The number of amides is 1. The molecule has 1 saturated heterocycles. The van der Waals surface area contributed by atoms with Crippen LogP contribution in [0.4, 0.5) is 5.69 Å². The van der Waals surface area contributed by atoms with E-state index in [1.165, 1.54) is 7.11 Å². The van der Waals surface area contributed by atoms with E-state index < -0.39 is 0 Å². The van der Waals surface area contributed by atoms with Gasteiger partial charge in [0, 0.05) is 30.2 Å². The van der Waals surface area contributed by atoms with Crippen molar-refractivity contribution in [1.29, 1.82) is 0 Å². The Morgan fingerprint density at radius 1 is 1.28 bits per heavy atom. The van der Waals surface area contributed by atoms with Crippen molar-refractivity contribution in [3.63, 3.8) is 0 Å². The van der Waals surface area contributed by atoms with Gasteiger partial charge in [-0.05, 0) is 49.2 Å². The van der Waals surface area contributed by atoms with Crippen LogP contribution in [0, 0.1) is 0 Å². The summed E-state index contributed by atoms with van der Waals surface area (Å²) in [5.41, 5.74) is 2.29. The fourth-order valence-electron chi connectivity index (χ4n) is 3.10. The maximum Gasteiger partial charge on any atom is 0.323 e. The van der Waals surface area contributed by atoms with E-state index in [0.717, 1.165) is 24.9 Å². The average Bonchev–Trinajstić information content (AvgIpc) is 3.10. The monoisotopic (exact) mass is 339 g/mol. The van der Waals surface area contributed by atoms with Crippen LogP contribution in [0.3, 0.4) is 0 Å². The zero-order valence-corrected chi connectivity index (χ0v) is 14.1. The van der Waals surface area contributed by atoms with E-state index in [9.17, 15) is 9.59 Å². The number of ether oxygens (including phenoxy) is 1. The van der Waals surface area contributed by atoms with Crippen molar-refractivity contribution in [2.24, 2.45) is 0 Å². The number of carbonyl (C=O) groups is 2. The predicted molar refractivity (Wildman–Crippen MR) is 94.1 cm³/mol. The smallest absolute Gasteiger partial charge is 0.323 e. The van der Waals surface area contributed by atoms with Gasteiger partial charge >= 0.3 is 5.97 Å². The third-order valence-corrected chi connectivity index (χ3v) is 4.35. The lowest BCUT2D eigenvalue weighted by molar-refractivity contribution is -0.146. The number of nitrogens with one attached hydrogen (secondary N) is 1. The topological polar surface area (TPSA) is 71.5 Å². The molecule has 1 amide bonds. The molecule has 1 aromatic carbocycles. The lowest BCUT2D eigenvalue weighted by Gasteiger charge is -2.22. The number of pyridine rings is 1. The molecule has 0 aliphatic carbocycles. The number of nitrogens with zero attached hydrogens (tertiary/aromatic N) is 2. The van der Waals surface area contributed by atoms with E-state index in [1.807, 2.05) is 18.2 Å². The number of anilines is 1. The highest BCUT2D eigenvalue weighted by Gasteiger charge is 2.31. The van der Waals surface area contributed by atoms with Crippen LogP contribution in [0.1, 0.15) is 28.8 Å². The van der Waals surface area contributed by atoms with Gasteiger partial charge in [-0.2, -0.15) is 0 Å². The SMILES string of the molecule is COC(=O)[C@@H]1CCCN1Cc1cccc(C(=O)Nc2ccncc2)c1. The van der Waals surface area contributed by atoms with Crippen molar-refractivity contribution >= 4 is 17.6 Å². The number of esters is 1. The Morgan fingerprint density at radius 2 is 2.08 bits per heavy atom. The Bertz CT molecular complexity index is 749. The van der Waals surface area contributed by atoms with Crippen molar-refractivity contribution in [3.8, 4) is 0 Å². The molecule has 25 heavy (non-hydrogen) atoms. The number of hydrogen-bond donors (Lipinski definition) is 1. The van der Waals surface area contributed by atoms with Crippen molar-refractivity contribution in [2.45, 2.75) is 25.4 Å². The van der Waals surface area contributed by atoms with Crippen LogP contribution in [0.15, 0.2) is 48.8 Å². The molecule has 1 aromatic heterocycles. The fourth-order valence-corrected chi connectivity index (χ4v) is 3.10. The zero-order valence-electron chi connectivity index (χ0n) is 14.1. The summed E-state index contributed by atoms with van der Waals surface area (Å²) in [7, 11) is 1.42. The molecule has 0 radical (unpaired) electrons. The molecule has 0 spiro atoms. The number of aromatic nitrogens is 1. The second-order valence-electron chi connectivity index (χ2n) is 6.04. The number of rotatable bonds is 5. The molecule has 2 aromatic rings. The summed E-state index contributed by atoms with van der Waals surface area (Å²) in [4.78, 5) is 30.3. The van der Waals surface area contributed by atoms with Crippen LogP contribution in [0.25, 0.3) is 0 Å². The Morgan fingerprint density at radius 3 is 2.84 bits per heavy atom. The van der Waals surface area contributed by atoms with Gasteiger partial charge in [-0.1, -0.05) is 12.1 Å². The van der Waals surface area contributed by atoms with Gasteiger partial charge in [-0.25, -0.2) is 0 Å². The summed E-state index contributed by atoms with van der Waals surface area (Å²) in [5.74, 6) is -0.358. The van der Waals surface area contributed by atoms with Gasteiger partial charge in [0.1, 0.15) is 6.04 Å². The summed E-state index contributed by atoms with van der Waals surface area (Å²) < 4.78 is 4.88. The highest BCUT2D eigenvalue weighted by molar-refractivity contribution is 6.04. The Hall–Kier alpha value is -2.73. The Balaban J connectivity index is 1.69. The first-order valence-corrected chi connectivity index (χ1v) is 8.29. The van der Waals surface area contributed by atoms with Gasteiger partial charge < -0.3 is 10.1 Å². The minimum absolute atomic E-state index is 0.168. The predicted octanol–water partition coefficient (Wildman–Crippen LogP) is 2.47. The second-order valence-corrected chi connectivity index (χ2v) is 6.04. The first-order valence-electron chi connectivity index (χ1n) is 8.29. The van der Waals surface area contributed by atoms with Crippen LogP contribution in [-0.2, 0) is 16.1 Å². The van der Waals surface area contributed by atoms with Gasteiger partial charge in [0.05, 0.1) is 7.11 Å². The van der Waals surface area contributed by atoms with Gasteiger partial charge in [0.25, 0.3) is 5.91 Å². The molecule has 2 heterocycles. The molecular weight excluding hydrogens is 318 g/mol. The van der Waals surface area contributed by atoms with Crippen LogP contribution >= 0.6 is 0 Å². The maximum absolute atomic E-state index is 12.4. The molecule has 6 heteroatoms. The molecule has 130 valence electrons. The quantitative estimate of drug-likeness (QED) is 0.847. The third kappa shape index (κ3) is 4.22. The third-order valence-electron chi connectivity index (χ3n) is 4.35. The molecule has 1 fully saturated rings. The first kappa shape index (κ1) is 17.1. The average molecular weight is 339 g/mol. The van der Waals surface area contributed by atoms with Gasteiger partial charge in [-0.15, -0.1) is 0 Å². The summed E-state index contributed by atoms with van der Waals surface area (Å²) >= 11 is 0. The van der Waals surface area contributed by atoms with Gasteiger partial charge in [-0.3, -0.25) is 19.5 Å². The number of carbonyl (C=O) groups excluding carboxylic acids is 2. The van der Waals surface area contributed by atoms with Crippen LogP contribution in [0.5, 0.6) is 0 Å². The van der Waals surface area contributed by atoms with E-state index >= 15 is 0 Å². The standard InChI is InChI=1S/C19H21N3O3/c1-25-19(24)17-6-3-11-22(17)13-14-4-2-5-15(12-14)18(23)21-16-7-9-20-10-8-16/h2,4-5,7-10,12,17H,3,6,11,13H2,1H3,(H,20,21,23)/t17-/m0/s1. The maximum atomic E-state index is 12.4. The van der Waals surface area contributed by atoms with Gasteiger partial charge in [0.2, 0.25) is 0 Å². The molecule has 6 nitrogen and oxygen atoms in total. The number of methoxy groups -OCH3 is 1. The fraction of sp³-hybridized carbons (Fsp3) is 0.316. The summed E-state index contributed by atoms with van der Waals surface area (Å²) in [6.07, 6.45) is 5.05. The van der Waals surface area contributed by atoms with E-state index in [1.54, 1.807) is 30.6 Å². The zero-order chi connectivity index (χ0) is 17.6. The van der Waals surface area contributed by atoms with Crippen LogP contribution in [-0.4, -0.2) is 41.5 Å². The van der Waals surface area contributed by atoms with Crippen LogP contribution < -0.4 is 5.32 Å². The summed E-state index contributed by atoms with van der Waals surface area (Å²) in [5, 5.41) is 2.85. The molecule has 0 saturated carbocycles. The largest absolute Gasteiger partial charge is 0.468 e. The number of likely N-dealkylation sites (tertiary alicyclic amines) is 1. The number of benzene rings is 1. The second kappa shape index (κ2) is 7.90. The van der Waals surface area contributed by atoms with Crippen molar-refractivity contribution in [3.05, 3.63) is 59.9 Å². The molecule has 1 aliphatic heterocycles. The molecule has 1 aliphatic rings. The molecule has 0 bridgehead atoms. The highest BCUT2D eigenvalue weighted by atomic mass is 16.5. The lowest BCUT2D eigenvalue weighted by atomic mass is 10.1. The number of hydrogen-bond acceptors (Lipinski definition) is 5. The minimum Gasteiger partial charge on any atom is -0.468 e. The van der Waals surface area contributed by atoms with E-state index in [4.69, 9.17) is 4.74 Å². The molecule has 1 N–H and O–H groups in total. The first-order chi connectivity index (χ1) is 12.2. The molecule has 0 unspecified atom stereocenters. The summed E-state index contributed by atoms with van der Waals surface area (Å²) in [6.45, 7) is 1.48. The van der Waals surface area contributed by atoms with Crippen molar-refractivity contribution in [1.82, 2.24) is 9.88 Å².